The number of aromatic hydroxyl groups is 1. The van der Waals surface area contributed by atoms with Crippen molar-refractivity contribution in [2.24, 2.45) is 17.6 Å². The average molecular weight is 545 g/mol. The zero-order chi connectivity index (χ0) is 29.1. The van der Waals surface area contributed by atoms with E-state index in [1.165, 1.54) is 11.0 Å². The molecule has 3 aliphatic carbocycles. The van der Waals surface area contributed by atoms with Gasteiger partial charge in [-0.2, -0.15) is 0 Å². The number of phenolic OH excluding ortho intramolecular Hbond substituents is 1. The van der Waals surface area contributed by atoms with Gasteiger partial charge in [0, 0.05) is 22.6 Å². The number of hydrogen-bond donors (Lipinski definition) is 5. The molecule has 10 heteroatoms. The highest BCUT2D eigenvalue weighted by Gasteiger charge is 2.63. The summed E-state index contributed by atoms with van der Waals surface area (Å²) >= 11 is 0. The Balaban J connectivity index is 1.64. The van der Waals surface area contributed by atoms with Crippen LogP contribution in [0.2, 0.25) is 0 Å². The van der Waals surface area contributed by atoms with Gasteiger partial charge in [-0.25, -0.2) is 0 Å². The van der Waals surface area contributed by atoms with Crippen molar-refractivity contribution in [2.45, 2.75) is 24.5 Å². The number of hydrogen-bond acceptors (Lipinski definition) is 9. The number of aliphatic hydroxyl groups is 3. The van der Waals surface area contributed by atoms with Crippen LogP contribution >= 0.6 is 0 Å². The first-order valence-corrected chi connectivity index (χ1v) is 12.6. The molecule has 2 aromatic carbocycles. The normalized spacial score (nSPS) is 25.6. The average Bonchev–Trinajstić information content (AvgIpc) is 2.90. The number of Topliss-reactive ketones (excluding diaryl/α,β-unsaturated/α-hetero) is 2. The predicted octanol–water partition coefficient (Wildman–Crippen LogP) is 1.53. The molecule has 0 spiro atoms. The zero-order valence-electron chi connectivity index (χ0n) is 22.1. The predicted molar refractivity (Wildman–Crippen MR) is 143 cm³/mol. The van der Waals surface area contributed by atoms with Crippen LogP contribution in [0.4, 0.5) is 0 Å². The monoisotopic (exact) mass is 544 g/mol. The molecule has 10 nitrogen and oxygen atoms in total. The van der Waals surface area contributed by atoms with Crippen molar-refractivity contribution >= 4 is 17.5 Å². The Labute approximate surface area is 230 Å². The first kappa shape index (κ1) is 27.0. The van der Waals surface area contributed by atoms with Gasteiger partial charge in [0.25, 0.3) is 5.91 Å². The van der Waals surface area contributed by atoms with Crippen LogP contribution in [0.5, 0.6) is 11.5 Å². The summed E-state index contributed by atoms with van der Waals surface area (Å²) in [5, 5.41) is 44.6. The van der Waals surface area contributed by atoms with Gasteiger partial charge in [0.15, 0.2) is 11.4 Å². The molecule has 0 radical (unpaired) electrons. The van der Waals surface area contributed by atoms with Gasteiger partial charge in [0.05, 0.1) is 18.7 Å². The Morgan fingerprint density at radius 3 is 2.35 bits per heavy atom. The van der Waals surface area contributed by atoms with E-state index in [2.05, 4.69) is 11.8 Å². The van der Waals surface area contributed by atoms with E-state index in [4.69, 9.17) is 10.5 Å². The molecule has 0 saturated heterocycles. The maximum absolute atomic E-state index is 13.8. The van der Waals surface area contributed by atoms with E-state index in [0.717, 1.165) is 0 Å². The van der Waals surface area contributed by atoms with E-state index in [1.54, 1.807) is 51.5 Å². The van der Waals surface area contributed by atoms with Gasteiger partial charge in [-0.1, -0.05) is 11.8 Å². The summed E-state index contributed by atoms with van der Waals surface area (Å²) in [5.41, 5.74) is 3.22. The molecule has 1 amide bonds. The number of aliphatic hydroxyl groups excluding tert-OH is 2. The molecule has 0 heterocycles. The molecule has 0 bridgehead atoms. The molecule has 6 N–H and O–H groups in total. The van der Waals surface area contributed by atoms with E-state index in [-0.39, 0.29) is 29.7 Å². The van der Waals surface area contributed by atoms with Crippen LogP contribution in [0.1, 0.15) is 33.5 Å². The first-order chi connectivity index (χ1) is 18.9. The fourth-order valence-corrected chi connectivity index (χ4v) is 6.18. The molecule has 0 saturated carbocycles. The van der Waals surface area contributed by atoms with Crippen LogP contribution in [0.15, 0.2) is 59.1 Å². The van der Waals surface area contributed by atoms with Crippen LogP contribution in [-0.2, 0) is 16.0 Å². The number of amides is 1. The van der Waals surface area contributed by atoms with Gasteiger partial charge >= 0.3 is 0 Å². The number of carbonyl (C=O) groups is 3. The summed E-state index contributed by atoms with van der Waals surface area (Å²) < 4.78 is 5.17. The lowest BCUT2D eigenvalue weighted by Crippen LogP contribution is -2.63. The minimum atomic E-state index is -2.67. The third-order valence-electron chi connectivity index (χ3n) is 8.04. The number of phenols is 1. The lowest BCUT2D eigenvalue weighted by atomic mass is 9.58. The van der Waals surface area contributed by atoms with Crippen LogP contribution < -0.4 is 10.5 Å². The van der Waals surface area contributed by atoms with E-state index >= 15 is 0 Å². The molecular formula is C30H28N2O8. The topological polar surface area (TPSA) is 171 Å². The molecule has 3 aliphatic rings. The second-order valence-corrected chi connectivity index (χ2v) is 10.4. The molecule has 2 aromatic rings. The van der Waals surface area contributed by atoms with Gasteiger partial charge in [0.1, 0.15) is 28.6 Å². The van der Waals surface area contributed by atoms with Gasteiger partial charge in [-0.05, 0) is 74.8 Å². The smallest absolute Gasteiger partial charge is 0.255 e. The molecular weight excluding hydrogens is 516 g/mol. The summed E-state index contributed by atoms with van der Waals surface area (Å²) in [6.45, 7) is 0. The van der Waals surface area contributed by atoms with Crippen molar-refractivity contribution in [3.8, 4) is 23.3 Å². The quantitative estimate of drug-likeness (QED) is 0.284. The lowest BCUT2D eigenvalue weighted by molar-refractivity contribution is -0.148. The number of fused-ring (bicyclic) bond motifs is 3. The standard InChI is InChI=1S/C30H28N2O8/c1-32(2)24-19-13-16-12-18-15(7-4-14-5-9-17(40-3)10-6-14)8-11-20(33)22(18)25(34)21(16)27(36)30(19,39)28(37)23(26(24)35)29(31)38/h5-6,8-11,16,19,24,33,35-36,39H,12-13H2,1-3H3,(H2,31,38). The fraction of sp³-hybridized carbons (Fsp3) is 0.300. The number of methoxy groups -OCH3 is 1. The Bertz CT molecular complexity index is 1590. The van der Waals surface area contributed by atoms with Crippen molar-refractivity contribution in [1.82, 2.24) is 4.90 Å². The van der Waals surface area contributed by atoms with E-state index in [1.807, 2.05) is 0 Å². The van der Waals surface area contributed by atoms with Crippen molar-refractivity contribution in [3.63, 3.8) is 0 Å². The lowest BCUT2D eigenvalue weighted by Gasteiger charge is -2.50. The largest absolute Gasteiger partial charge is 0.510 e. The molecule has 206 valence electrons. The van der Waals surface area contributed by atoms with Gasteiger partial charge in [-0.3, -0.25) is 19.3 Å². The third kappa shape index (κ3) is 3.86. The molecule has 4 unspecified atom stereocenters. The van der Waals surface area contributed by atoms with Crippen molar-refractivity contribution in [2.75, 3.05) is 21.2 Å². The highest BCUT2D eigenvalue weighted by molar-refractivity contribution is 6.24. The number of primary amides is 1. The summed E-state index contributed by atoms with van der Waals surface area (Å²) in [6.07, 6.45) is 0.169. The Morgan fingerprint density at radius 2 is 1.75 bits per heavy atom. The second kappa shape index (κ2) is 9.55. The highest BCUT2D eigenvalue weighted by Crippen LogP contribution is 2.52. The van der Waals surface area contributed by atoms with E-state index in [0.29, 0.717) is 22.4 Å². The Hall–Kier alpha value is -4.59. The molecule has 5 rings (SSSR count). The van der Waals surface area contributed by atoms with Gasteiger partial charge in [0.2, 0.25) is 5.78 Å². The second-order valence-electron chi connectivity index (χ2n) is 10.4. The summed E-state index contributed by atoms with van der Waals surface area (Å²) in [4.78, 5) is 40.7. The number of carbonyl (C=O) groups excluding carboxylic acids is 3. The third-order valence-corrected chi connectivity index (χ3v) is 8.04. The number of allylic oxidation sites excluding steroid dienone is 1. The summed E-state index contributed by atoms with van der Waals surface area (Å²) in [5.74, 6) is -0.122. The van der Waals surface area contributed by atoms with Crippen LogP contribution in [0.3, 0.4) is 0 Å². The number of ketones is 2. The number of likely N-dealkylation sites (N-methyl/N-ethyl adjacent to an activating group) is 1. The Morgan fingerprint density at radius 1 is 1.07 bits per heavy atom. The highest BCUT2D eigenvalue weighted by atomic mass is 16.5. The maximum atomic E-state index is 13.8. The van der Waals surface area contributed by atoms with Crippen LogP contribution in [0.25, 0.3) is 0 Å². The molecule has 0 fully saturated rings. The minimum Gasteiger partial charge on any atom is -0.510 e. The molecule has 0 aliphatic heterocycles. The SMILES string of the molecule is COc1ccc(C#Cc2ccc(O)c3c2CC2CC4C(N(C)C)C(O)=C(C(N)=O)C(=O)C4(O)C(O)=C2C3=O)cc1. The van der Waals surface area contributed by atoms with E-state index < -0.39 is 58.0 Å². The fourth-order valence-electron chi connectivity index (χ4n) is 6.18. The minimum absolute atomic E-state index is 0.00671. The van der Waals surface area contributed by atoms with Crippen molar-refractivity contribution < 1.29 is 39.5 Å². The van der Waals surface area contributed by atoms with Gasteiger partial charge < -0.3 is 30.9 Å². The zero-order valence-corrected chi connectivity index (χ0v) is 22.1. The summed E-state index contributed by atoms with van der Waals surface area (Å²) in [7, 11) is 4.72. The van der Waals surface area contributed by atoms with Crippen LogP contribution in [-0.4, -0.2) is 75.6 Å². The van der Waals surface area contributed by atoms with Gasteiger partial charge in [-0.15, -0.1) is 0 Å². The van der Waals surface area contributed by atoms with Crippen molar-refractivity contribution in [3.05, 3.63) is 81.3 Å². The number of ether oxygens (including phenoxy) is 1. The Kier molecular flexibility index (Phi) is 6.45. The number of benzene rings is 2. The van der Waals surface area contributed by atoms with E-state index in [9.17, 15) is 34.8 Å². The first-order valence-electron chi connectivity index (χ1n) is 12.6. The maximum Gasteiger partial charge on any atom is 0.255 e. The number of nitrogens with two attached hydrogens (primary N) is 1. The van der Waals surface area contributed by atoms with Crippen molar-refractivity contribution in [1.29, 1.82) is 0 Å². The molecule has 4 atom stereocenters. The number of rotatable bonds is 3. The van der Waals surface area contributed by atoms with Crippen LogP contribution in [0, 0.1) is 23.7 Å². The molecule has 40 heavy (non-hydrogen) atoms. The number of nitrogens with zero attached hydrogens (tertiary/aromatic N) is 1. The molecule has 0 aromatic heterocycles. The summed E-state index contributed by atoms with van der Waals surface area (Å²) in [6, 6.07) is 8.98.